The number of nitrogens with zero attached hydrogens (tertiary/aromatic N) is 3. The molecule has 25 heavy (non-hydrogen) atoms. The minimum absolute atomic E-state index is 0. The van der Waals surface area contributed by atoms with Crippen LogP contribution < -0.4 is 5.32 Å². The van der Waals surface area contributed by atoms with E-state index in [1.54, 1.807) is 4.90 Å². The number of aromatic nitrogens is 2. The van der Waals surface area contributed by atoms with Gasteiger partial charge in [-0.15, -0.1) is 12.4 Å². The van der Waals surface area contributed by atoms with Crippen molar-refractivity contribution in [1.29, 1.82) is 0 Å². The Morgan fingerprint density at radius 1 is 1.52 bits per heavy atom. The highest BCUT2D eigenvalue weighted by atomic mass is 35.5. The standard InChI is InChI=1S/C17H28N4O3.ClH/c1-4-23-12(2)15-19-14(24-20-15)10-21(3)16(22)17-8-6-5-7-13(17)9-18-11-17;/h12-13,18H,4-11H2,1-3H3;1H/t12?,13-,17+;/m0./s1. The van der Waals surface area contributed by atoms with Gasteiger partial charge in [0.2, 0.25) is 11.8 Å². The zero-order valence-electron chi connectivity index (χ0n) is 15.3. The first-order chi connectivity index (χ1) is 11.6. The highest BCUT2D eigenvalue weighted by Crippen LogP contribution is 2.45. The Labute approximate surface area is 155 Å². The van der Waals surface area contributed by atoms with Gasteiger partial charge in [0.1, 0.15) is 6.10 Å². The number of hydrogen-bond donors (Lipinski definition) is 1. The van der Waals surface area contributed by atoms with Crippen molar-refractivity contribution in [2.45, 2.75) is 52.2 Å². The molecule has 0 aromatic carbocycles. The van der Waals surface area contributed by atoms with Gasteiger partial charge in [0.25, 0.3) is 0 Å². The largest absolute Gasteiger partial charge is 0.371 e. The summed E-state index contributed by atoms with van der Waals surface area (Å²) in [6, 6.07) is 0. The molecule has 2 fully saturated rings. The molecule has 1 saturated heterocycles. The van der Waals surface area contributed by atoms with Crippen LogP contribution in [0.3, 0.4) is 0 Å². The molecular formula is C17H29ClN4O3. The van der Waals surface area contributed by atoms with Crippen molar-refractivity contribution in [1.82, 2.24) is 20.4 Å². The summed E-state index contributed by atoms with van der Waals surface area (Å²) in [7, 11) is 1.83. The zero-order chi connectivity index (χ0) is 17.2. The fraction of sp³-hybridized carbons (Fsp3) is 0.824. The SMILES string of the molecule is CCOC(C)c1noc(CN(C)C(=O)[C@@]23CCCC[C@H]2CNC3)n1.Cl. The summed E-state index contributed by atoms with van der Waals surface area (Å²) in [6.07, 6.45) is 4.28. The van der Waals surface area contributed by atoms with E-state index in [-0.39, 0.29) is 29.8 Å². The summed E-state index contributed by atoms with van der Waals surface area (Å²) in [5.41, 5.74) is -0.242. The molecule has 2 aliphatic rings. The number of halogens is 1. The van der Waals surface area contributed by atoms with Gasteiger partial charge in [0.05, 0.1) is 12.0 Å². The molecule has 0 radical (unpaired) electrons. The van der Waals surface area contributed by atoms with Gasteiger partial charge >= 0.3 is 0 Å². The number of ether oxygens (including phenoxy) is 1. The second-order valence-corrected chi connectivity index (χ2v) is 7.03. The Morgan fingerprint density at radius 2 is 2.32 bits per heavy atom. The van der Waals surface area contributed by atoms with Crippen LogP contribution in [0.1, 0.15) is 57.3 Å². The van der Waals surface area contributed by atoms with Crippen molar-refractivity contribution in [2.24, 2.45) is 11.3 Å². The van der Waals surface area contributed by atoms with E-state index >= 15 is 0 Å². The van der Waals surface area contributed by atoms with Gasteiger partial charge in [0.15, 0.2) is 5.82 Å². The predicted octanol–water partition coefficient (Wildman–Crippen LogP) is 2.33. The average molecular weight is 373 g/mol. The van der Waals surface area contributed by atoms with E-state index in [1.807, 2.05) is 20.9 Å². The summed E-state index contributed by atoms with van der Waals surface area (Å²) in [6.45, 7) is 6.51. The zero-order valence-corrected chi connectivity index (χ0v) is 16.1. The Balaban J connectivity index is 0.00000225. The minimum atomic E-state index is -0.242. The maximum atomic E-state index is 13.1. The third-order valence-corrected chi connectivity index (χ3v) is 5.45. The monoisotopic (exact) mass is 372 g/mol. The van der Waals surface area contributed by atoms with E-state index in [0.717, 1.165) is 32.4 Å². The quantitative estimate of drug-likeness (QED) is 0.825. The van der Waals surface area contributed by atoms with Gasteiger partial charge < -0.3 is 19.5 Å². The first kappa shape index (κ1) is 20.1. The number of hydrogen-bond acceptors (Lipinski definition) is 6. The molecule has 1 aliphatic carbocycles. The molecule has 2 heterocycles. The van der Waals surface area contributed by atoms with Crippen LogP contribution in [-0.4, -0.2) is 47.7 Å². The third-order valence-electron chi connectivity index (χ3n) is 5.45. The molecular weight excluding hydrogens is 344 g/mol. The van der Waals surface area contributed by atoms with Crippen molar-refractivity contribution in [2.75, 3.05) is 26.7 Å². The van der Waals surface area contributed by atoms with E-state index in [1.165, 1.54) is 6.42 Å². The normalized spacial score (nSPS) is 26.6. The van der Waals surface area contributed by atoms with Crippen molar-refractivity contribution in [3.8, 4) is 0 Å². The van der Waals surface area contributed by atoms with E-state index in [2.05, 4.69) is 15.5 Å². The number of amides is 1. The van der Waals surface area contributed by atoms with E-state index in [0.29, 0.717) is 30.8 Å². The number of fused-ring (bicyclic) bond motifs is 1. The summed E-state index contributed by atoms with van der Waals surface area (Å²) >= 11 is 0. The predicted molar refractivity (Wildman–Crippen MR) is 95.3 cm³/mol. The Kier molecular flexibility index (Phi) is 6.82. The van der Waals surface area contributed by atoms with Gasteiger partial charge in [-0.05, 0) is 39.2 Å². The summed E-state index contributed by atoms with van der Waals surface area (Å²) in [5.74, 6) is 1.65. The number of carbonyl (C=O) groups excluding carboxylic acids is 1. The minimum Gasteiger partial charge on any atom is -0.371 e. The molecule has 0 bridgehead atoms. The second kappa shape index (κ2) is 8.47. The average Bonchev–Trinajstić information content (AvgIpc) is 3.21. The third kappa shape index (κ3) is 3.99. The molecule has 1 N–H and O–H groups in total. The van der Waals surface area contributed by atoms with Gasteiger partial charge in [-0.3, -0.25) is 4.79 Å². The fourth-order valence-corrected chi connectivity index (χ4v) is 4.15. The van der Waals surface area contributed by atoms with Crippen LogP contribution in [-0.2, 0) is 16.1 Å². The van der Waals surface area contributed by atoms with Crippen molar-refractivity contribution >= 4 is 18.3 Å². The van der Waals surface area contributed by atoms with Crippen LogP contribution in [0.5, 0.6) is 0 Å². The lowest BCUT2D eigenvalue weighted by molar-refractivity contribution is -0.144. The molecule has 7 nitrogen and oxygen atoms in total. The maximum Gasteiger partial charge on any atom is 0.246 e. The number of carbonyl (C=O) groups is 1. The van der Waals surface area contributed by atoms with Gasteiger partial charge in [-0.2, -0.15) is 4.98 Å². The molecule has 1 unspecified atom stereocenters. The molecule has 8 heteroatoms. The highest BCUT2D eigenvalue weighted by molar-refractivity contribution is 5.85. The lowest BCUT2D eigenvalue weighted by Gasteiger charge is -2.39. The summed E-state index contributed by atoms with van der Waals surface area (Å²) < 4.78 is 10.8. The highest BCUT2D eigenvalue weighted by Gasteiger charge is 2.50. The van der Waals surface area contributed by atoms with Crippen molar-refractivity contribution in [3.05, 3.63) is 11.7 Å². The molecule has 1 aromatic heterocycles. The van der Waals surface area contributed by atoms with Crippen LogP contribution in [0, 0.1) is 11.3 Å². The lowest BCUT2D eigenvalue weighted by atomic mass is 9.67. The summed E-state index contributed by atoms with van der Waals surface area (Å²) in [4.78, 5) is 19.2. The number of rotatable bonds is 6. The van der Waals surface area contributed by atoms with Crippen LogP contribution in [0.15, 0.2) is 4.52 Å². The lowest BCUT2D eigenvalue weighted by Crippen LogP contribution is -2.48. The van der Waals surface area contributed by atoms with Crippen molar-refractivity contribution in [3.63, 3.8) is 0 Å². The van der Waals surface area contributed by atoms with Gasteiger partial charge in [-0.25, -0.2) is 0 Å². The molecule has 3 rings (SSSR count). The van der Waals surface area contributed by atoms with Crippen LogP contribution in [0.4, 0.5) is 0 Å². The number of nitrogens with one attached hydrogen (secondary N) is 1. The van der Waals surface area contributed by atoms with Crippen LogP contribution >= 0.6 is 12.4 Å². The van der Waals surface area contributed by atoms with Crippen LogP contribution in [0.2, 0.25) is 0 Å². The van der Waals surface area contributed by atoms with Crippen LogP contribution in [0.25, 0.3) is 0 Å². The molecule has 1 amide bonds. The van der Waals surface area contributed by atoms with Gasteiger partial charge in [-0.1, -0.05) is 18.0 Å². The molecule has 3 atom stereocenters. The topological polar surface area (TPSA) is 80.5 Å². The molecule has 1 aliphatic heterocycles. The Bertz CT molecular complexity index is 582. The molecule has 0 spiro atoms. The maximum absolute atomic E-state index is 13.1. The molecule has 142 valence electrons. The van der Waals surface area contributed by atoms with E-state index in [9.17, 15) is 4.79 Å². The molecule has 1 saturated carbocycles. The van der Waals surface area contributed by atoms with E-state index < -0.39 is 0 Å². The Morgan fingerprint density at radius 3 is 3.08 bits per heavy atom. The fourth-order valence-electron chi connectivity index (χ4n) is 4.15. The molecule has 1 aromatic rings. The first-order valence-corrected chi connectivity index (χ1v) is 8.97. The second-order valence-electron chi connectivity index (χ2n) is 7.03. The van der Waals surface area contributed by atoms with E-state index in [4.69, 9.17) is 9.26 Å². The summed E-state index contributed by atoms with van der Waals surface area (Å²) in [5, 5.41) is 7.39. The Hall–Kier alpha value is -1.18. The van der Waals surface area contributed by atoms with Gasteiger partial charge in [0, 0.05) is 20.2 Å². The first-order valence-electron chi connectivity index (χ1n) is 8.97. The smallest absolute Gasteiger partial charge is 0.246 e. The van der Waals surface area contributed by atoms with Crippen molar-refractivity contribution < 1.29 is 14.1 Å².